The van der Waals surface area contributed by atoms with Crippen molar-refractivity contribution in [3.8, 4) is 0 Å². The number of rotatable bonds is 5. The SMILES string of the molecule is CC1NNC(C)C1CCNC(=O)C1CCN(C(=O)c2ccncc2)CC1. The molecule has 0 radical (unpaired) electrons. The molecule has 2 atom stereocenters. The number of piperidine rings is 1. The van der Waals surface area contributed by atoms with Crippen molar-refractivity contribution >= 4 is 11.8 Å². The van der Waals surface area contributed by atoms with Gasteiger partial charge < -0.3 is 10.2 Å². The molecule has 26 heavy (non-hydrogen) atoms. The van der Waals surface area contributed by atoms with Gasteiger partial charge in [0.25, 0.3) is 5.91 Å². The highest BCUT2D eigenvalue weighted by Crippen LogP contribution is 2.20. The zero-order chi connectivity index (χ0) is 18.5. The molecule has 0 aliphatic carbocycles. The quantitative estimate of drug-likeness (QED) is 0.728. The van der Waals surface area contributed by atoms with Gasteiger partial charge in [0.2, 0.25) is 5.91 Å². The van der Waals surface area contributed by atoms with Crippen molar-refractivity contribution in [1.29, 1.82) is 0 Å². The van der Waals surface area contributed by atoms with E-state index in [-0.39, 0.29) is 17.7 Å². The van der Waals surface area contributed by atoms with Crippen LogP contribution in [0.2, 0.25) is 0 Å². The van der Waals surface area contributed by atoms with E-state index in [0.717, 1.165) is 19.3 Å². The first-order valence-corrected chi connectivity index (χ1v) is 9.54. The van der Waals surface area contributed by atoms with E-state index in [1.165, 1.54) is 0 Å². The van der Waals surface area contributed by atoms with Crippen molar-refractivity contribution in [2.24, 2.45) is 11.8 Å². The first-order valence-electron chi connectivity index (χ1n) is 9.54. The third-order valence-corrected chi connectivity index (χ3v) is 5.68. The number of hydrogen-bond donors (Lipinski definition) is 3. The molecule has 0 aromatic carbocycles. The molecule has 2 fully saturated rings. The number of likely N-dealkylation sites (tertiary alicyclic amines) is 1. The molecule has 2 amide bonds. The van der Waals surface area contributed by atoms with Gasteiger partial charge in [-0.1, -0.05) is 0 Å². The lowest BCUT2D eigenvalue weighted by molar-refractivity contribution is -0.126. The molecule has 7 nitrogen and oxygen atoms in total. The van der Waals surface area contributed by atoms with Crippen molar-refractivity contribution in [3.05, 3.63) is 30.1 Å². The van der Waals surface area contributed by atoms with E-state index in [9.17, 15) is 9.59 Å². The summed E-state index contributed by atoms with van der Waals surface area (Å²) < 4.78 is 0. The van der Waals surface area contributed by atoms with Crippen LogP contribution in [-0.2, 0) is 4.79 Å². The molecule has 2 aliphatic rings. The summed E-state index contributed by atoms with van der Waals surface area (Å²) >= 11 is 0. The molecule has 2 aliphatic heterocycles. The number of amides is 2. The molecule has 1 aromatic rings. The Labute approximate surface area is 154 Å². The first-order chi connectivity index (χ1) is 12.6. The van der Waals surface area contributed by atoms with E-state index >= 15 is 0 Å². The van der Waals surface area contributed by atoms with Crippen molar-refractivity contribution in [2.75, 3.05) is 19.6 Å². The maximum Gasteiger partial charge on any atom is 0.253 e. The molecule has 7 heteroatoms. The summed E-state index contributed by atoms with van der Waals surface area (Å²) in [5, 5.41) is 3.09. The van der Waals surface area contributed by atoms with E-state index in [1.807, 2.05) is 4.90 Å². The molecule has 2 saturated heterocycles. The minimum absolute atomic E-state index is 0.00571. The summed E-state index contributed by atoms with van der Waals surface area (Å²) in [6.45, 7) is 6.29. The topological polar surface area (TPSA) is 86.4 Å². The first kappa shape index (κ1) is 18.8. The van der Waals surface area contributed by atoms with Crippen LogP contribution < -0.4 is 16.2 Å². The highest BCUT2D eigenvalue weighted by atomic mass is 16.2. The molecule has 0 bridgehead atoms. The molecule has 3 rings (SSSR count). The second kappa shape index (κ2) is 8.60. The lowest BCUT2D eigenvalue weighted by Gasteiger charge is -2.31. The predicted molar refractivity (Wildman–Crippen MR) is 99.2 cm³/mol. The molecule has 1 aromatic heterocycles. The number of hydrazine groups is 1. The zero-order valence-corrected chi connectivity index (χ0v) is 15.6. The summed E-state index contributed by atoms with van der Waals surface area (Å²) in [4.78, 5) is 30.6. The Morgan fingerprint density at radius 2 is 1.77 bits per heavy atom. The van der Waals surface area contributed by atoms with Crippen LogP contribution in [0.15, 0.2) is 24.5 Å². The van der Waals surface area contributed by atoms with Crippen LogP contribution in [0.1, 0.15) is 43.5 Å². The average molecular weight is 359 g/mol. The Morgan fingerprint density at radius 3 is 2.38 bits per heavy atom. The maximum absolute atomic E-state index is 12.4. The number of nitrogens with zero attached hydrogens (tertiary/aromatic N) is 2. The van der Waals surface area contributed by atoms with Gasteiger partial charge in [0.05, 0.1) is 0 Å². The fourth-order valence-electron chi connectivity index (χ4n) is 3.94. The van der Waals surface area contributed by atoms with E-state index < -0.39 is 0 Å². The van der Waals surface area contributed by atoms with Crippen LogP contribution >= 0.6 is 0 Å². The maximum atomic E-state index is 12.4. The number of hydrogen-bond acceptors (Lipinski definition) is 5. The van der Waals surface area contributed by atoms with Gasteiger partial charge in [0.15, 0.2) is 0 Å². The number of carbonyl (C=O) groups excluding carboxylic acids is 2. The van der Waals surface area contributed by atoms with Gasteiger partial charge in [-0.15, -0.1) is 0 Å². The Kier molecular flexibility index (Phi) is 6.21. The molecule has 2 unspecified atom stereocenters. The van der Waals surface area contributed by atoms with Gasteiger partial charge in [-0.3, -0.25) is 25.4 Å². The fraction of sp³-hybridized carbons (Fsp3) is 0.632. The zero-order valence-electron chi connectivity index (χ0n) is 15.6. The third-order valence-electron chi connectivity index (χ3n) is 5.68. The van der Waals surface area contributed by atoms with E-state index in [1.54, 1.807) is 24.5 Å². The van der Waals surface area contributed by atoms with Crippen LogP contribution in [-0.4, -0.2) is 53.4 Å². The highest BCUT2D eigenvalue weighted by molar-refractivity contribution is 5.94. The summed E-state index contributed by atoms with van der Waals surface area (Å²) in [5.74, 6) is 0.678. The normalized spacial score (nSPS) is 26.7. The third kappa shape index (κ3) is 4.40. The van der Waals surface area contributed by atoms with Crippen LogP contribution in [0.3, 0.4) is 0 Å². The Balaban J connectivity index is 1.40. The minimum Gasteiger partial charge on any atom is -0.356 e. The number of carbonyl (C=O) groups is 2. The standard InChI is InChI=1S/C19H29N5O2/c1-13-17(14(2)23-22-13)5-10-21-18(25)15-6-11-24(12-7-15)19(26)16-3-8-20-9-4-16/h3-4,8-9,13-15,17,22-23H,5-7,10-12H2,1-2H3,(H,21,25). The lowest BCUT2D eigenvalue weighted by Crippen LogP contribution is -2.43. The monoisotopic (exact) mass is 359 g/mol. The molecule has 3 N–H and O–H groups in total. The number of nitrogens with one attached hydrogen (secondary N) is 3. The molecule has 3 heterocycles. The Bertz CT molecular complexity index is 606. The second-order valence-corrected chi connectivity index (χ2v) is 7.41. The Hall–Kier alpha value is -1.99. The Morgan fingerprint density at radius 1 is 1.15 bits per heavy atom. The highest BCUT2D eigenvalue weighted by Gasteiger charge is 2.30. The predicted octanol–water partition coefficient (Wildman–Crippen LogP) is 0.941. The van der Waals surface area contributed by atoms with E-state index in [4.69, 9.17) is 0 Å². The van der Waals surface area contributed by atoms with Crippen LogP contribution in [0.4, 0.5) is 0 Å². The molecular formula is C19H29N5O2. The number of pyridine rings is 1. The van der Waals surface area contributed by atoms with Crippen LogP contribution in [0.5, 0.6) is 0 Å². The lowest BCUT2D eigenvalue weighted by atomic mass is 9.92. The van der Waals surface area contributed by atoms with Crippen LogP contribution in [0.25, 0.3) is 0 Å². The van der Waals surface area contributed by atoms with Crippen LogP contribution in [0, 0.1) is 11.8 Å². The largest absolute Gasteiger partial charge is 0.356 e. The van der Waals surface area contributed by atoms with Gasteiger partial charge in [-0.25, -0.2) is 0 Å². The van der Waals surface area contributed by atoms with Gasteiger partial charge in [-0.2, -0.15) is 0 Å². The van der Waals surface area contributed by atoms with Gasteiger partial charge >= 0.3 is 0 Å². The van der Waals surface area contributed by atoms with Crippen molar-refractivity contribution in [3.63, 3.8) is 0 Å². The minimum atomic E-state index is 0.00571. The summed E-state index contributed by atoms with van der Waals surface area (Å²) in [5.41, 5.74) is 7.15. The van der Waals surface area contributed by atoms with Crippen molar-refractivity contribution in [1.82, 2.24) is 26.1 Å². The molecular weight excluding hydrogens is 330 g/mol. The van der Waals surface area contributed by atoms with Crippen molar-refractivity contribution < 1.29 is 9.59 Å². The van der Waals surface area contributed by atoms with E-state index in [2.05, 4.69) is 35.0 Å². The molecule has 0 saturated carbocycles. The van der Waals surface area contributed by atoms with Crippen molar-refractivity contribution in [2.45, 2.75) is 45.2 Å². The second-order valence-electron chi connectivity index (χ2n) is 7.41. The molecule has 142 valence electrons. The average Bonchev–Trinajstić information content (AvgIpc) is 3.00. The number of aromatic nitrogens is 1. The van der Waals surface area contributed by atoms with Gasteiger partial charge in [-0.05, 0) is 51.2 Å². The fourth-order valence-corrected chi connectivity index (χ4v) is 3.94. The van der Waals surface area contributed by atoms with Gasteiger partial charge in [0.1, 0.15) is 0 Å². The summed E-state index contributed by atoms with van der Waals surface area (Å²) in [6, 6.07) is 4.31. The smallest absolute Gasteiger partial charge is 0.253 e. The molecule has 0 spiro atoms. The summed E-state index contributed by atoms with van der Waals surface area (Å²) in [7, 11) is 0. The van der Waals surface area contributed by atoms with Gasteiger partial charge in [0, 0.05) is 55.6 Å². The summed E-state index contributed by atoms with van der Waals surface area (Å²) in [6.07, 6.45) is 5.67. The van der Waals surface area contributed by atoms with E-state index in [0.29, 0.717) is 43.2 Å².